The summed E-state index contributed by atoms with van der Waals surface area (Å²) in [5, 5.41) is 4.93. The van der Waals surface area contributed by atoms with Gasteiger partial charge < -0.3 is 11.1 Å². The number of hydrogen-bond acceptors (Lipinski definition) is 4. The number of thioether (sulfide) groups is 1. The minimum Gasteiger partial charge on any atom is -0.398 e. The quantitative estimate of drug-likeness (QED) is 0.574. The molecule has 0 aliphatic carbocycles. The van der Waals surface area contributed by atoms with Crippen LogP contribution in [0.5, 0.6) is 0 Å². The third-order valence-corrected chi connectivity index (χ3v) is 3.77. The lowest BCUT2D eigenvalue weighted by Gasteiger charge is -2.09. The summed E-state index contributed by atoms with van der Waals surface area (Å²) in [4.78, 5) is 24.0. The van der Waals surface area contributed by atoms with Gasteiger partial charge in [0.05, 0.1) is 5.75 Å². The molecule has 6 heteroatoms. The first kappa shape index (κ1) is 16.4. The first-order valence-electron chi connectivity index (χ1n) is 6.45. The van der Waals surface area contributed by atoms with E-state index >= 15 is 0 Å². The number of urea groups is 1. The molecule has 5 nitrogen and oxygen atoms in total. The fourth-order valence-electron chi connectivity index (χ4n) is 1.43. The first-order chi connectivity index (χ1) is 9.40. The SMILES string of the molecule is Cc1c(N)cccc1SCC(=O)NC(=O)NCC(C)C. The molecule has 0 bridgehead atoms. The van der Waals surface area contributed by atoms with Gasteiger partial charge in [-0.1, -0.05) is 19.9 Å². The Balaban J connectivity index is 2.40. The van der Waals surface area contributed by atoms with Crippen molar-refractivity contribution in [3.63, 3.8) is 0 Å². The Bertz CT molecular complexity index is 489. The highest BCUT2D eigenvalue weighted by molar-refractivity contribution is 8.00. The molecule has 1 rings (SSSR count). The van der Waals surface area contributed by atoms with Gasteiger partial charge in [0.2, 0.25) is 5.91 Å². The predicted octanol–water partition coefficient (Wildman–Crippen LogP) is 2.15. The molecule has 0 saturated heterocycles. The minimum atomic E-state index is -0.450. The maximum absolute atomic E-state index is 11.6. The second-order valence-corrected chi connectivity index (χ2v) is 5.93. The number of carbonyl (C=O) groups excluding carboxylic acids is 2. The van der Waals surface area contributed by atoms with Crippen LogP contribution in [0.1, 0.15) is 19.4 Å². The smallest absolute Gasteiger partial charge is 0.321 e. The van der Waals surface area contributed by atoms with Crippen LogP contribution >= 0.6 is 11.8 Å². The number of nitrogen functional groups attached to an aromatic ring is 1. The molecule has 0 unspecified atom stereocenters. The number of carbonyl (C=O) groups is 2. The summed E-state index contributed by atoms with van der Waals surface area (Å²) in [6.45, 7) is 6.42. The van der Waals surface area contributed by atoms with Crippen molar-refractivity contribution in [2.45, 2.75) is 25.7 Å². The molecular formula is C14H21N3O2S. The molecule has 110 valence electrons. The topological polar surface area (TPSA) is 84.2 Å². The third-order valence-electron chi connectivity index (χ3n) is 2.61. The predicted molar refractivity (Wildman–Crippen MR) is 82.7 cm³/mol. The Kier molecular flexibility index (Phi) is 6.38. The Morgan fingerprint density at radius 3 is 2.70 bits per heavy atom. The Morgan fingerprint density at radius 1 is 1.35 bits per heavy atom. The van der Waals surface area contributed by atoms with Crippen molar-refractivity contribution in [3.8, 4) is 0 Å². The van der Waals surface area contributed by atoms with Crippen LogP contribution in [0, 0.1) is 12.8 Å². The van der Waals surface area contributed by atoms with Crippen molar-refractivity contribution < 1.29 is 9.59 Å². The normalized spacial score (nSPS) is 10.4. The molecule has 1 aromatic carbocycles. The van der Waals surface area contributed by atoms with Crippen LogP contribution in [0.2, 0.25) is 0 Å². The van der Waals surface area contributed by atoms with E-state index in [1.54, 1.807) is 0 Å². The molecule has 0 spiro atoms. The fourth-order valence-corrected chi connectivity index (χ4v) is 2.30. The van der Waals surface area contributed by atoms with Crippen LogP contribution in [-0.4, -0.2) is 24.2 Å². The van der Waals surface area contributed by atoms with E-state index in [-0.39, 0.29) is 11.7 Å². The highest BCUT2D eigenvalue weighted by atomic mass is 32.2. The average molecular weight is 295 g/mol. The van der Waals surface area contributed by atoms with Gasteiger partial charge in [-0.25, -0.2) is 4.79 Å². The van der Waals surface area contributed by atoms with Gasteiger partial charge in [0.15, 0.2) is 0 Å². The molecule has 20 heavy (non-hydrogen) atoms. The molecule has 4 N–H and O–H groups in total. The van der Waals surface area contributed by atoms with Crippen molar-refractivity contribution in [1.29, 1.82) is 0 Å². The van der Waals surface area contributed by atoms with Crippen LogP contribution in [0.25, 0.3) is 0 Å². The number of nitrogens with one attached hydrogen (secondary N) is 2. The Morgan fingerprint density at radius 2 is 2.05 bits per heavy atom. The zero-order valence-corrected chi connectivity index (χ0v) is 12.8. The van der Waals surface area contributed by atoms with E-state index in [1.807, 2.05) is 39.0 Å². The molecule has 3 amide bonds. The van der Waals surface area contributed by atoms with E-state index in [4.69, 9.17) is 5.73 Å². The summed E-state index contributed by atoms with van der Waals surface area (Å²) >= 11 is 1.36. The van der Waals surface area contributed by atoms with E-state index in [0.717, 1.165) is 10.5 Å². The van der Waals surface area contributed by atoms with Gasteiger partial charge in [-0.3, -0.25) is 10.1 Å². The summed E-state index contributed by atoms with van der Waals surface area (Å²) in [6, 6.07) is 5.12. The molecule has 0 heterocycles. The second kappa shape index (κ2) is 7.79. The minimum absolute atomic E-state index is 0.180. The summed E-state index contributed by atoms with van der Waals surface area (Å²) in [5.74, 6) is 0.206. The first-order valence-corrected chi connectivity index (χ1v) is 7.44. The molecule has 0 aromatic heterocycles. The van der Waals surface area contributed by atoms with Crippen molar-refractivity contribution in [2.75, 3.05) is 18.0 Å². The highest BCUT2D eigenvalue weighted by Gasteiger charge is 2.09. The lowest BCUT2D eigenvalue weighted by Crippen LogP contribution is -2.41. The maximum Gasteiger partial charge on any atom is 0.321 e. The van der Waals surface area contributed by atoms with Gasteiger partial charge in [-0.15, -0.1) is 11.8 Å². The zero-order valence-electron chi connectivity index (χ0n) is 12.0. The molecular weight excluding hydrogens is 274 g/mol. The number of imide groups is 1. The molecule has 0 saturated carbocycles. The summed E-state index contributed by atoms with van der Waals surface area (Å²) in [6.07, 6.45) is 0. The third kappa shape index (κ3) is 5.52. The lowest BCUT2D eigenvalue weighted by molar-refractivity contribution is -0.117. The van der Waals surface area contributed by atoms with Gasteiger partial charge in [0.1, 0.15) is 0 Å². The van der Waals surface area contributed by atoms with Crippen molar-refractivity contribution in [2.24, 2.45) is 5.92 Å². The van der Waals surface area contributed by atoms with Crippen LogP contribution in [0.15, 0.2) is 23.1 Å². The largest absolute Gasteiger partial charge is 0.398 e. The van der Waals surface area contributed by atoms with Crippen LogP contribution in [-0.2, 0) is 4.79 Å². The summed E-state index contributed by atoms with van der Waals surface area (Å²) in [7, 11) is 0. The molecule has 0 atom stereocenters. The Hall–Kier alpha value is -1.69. The van der Waals surface area contributed by atoms with Crippen LogP contribution < -0.4 is 16.4 Å². The standard InChI is InChI=1S/C14H21N3O2S/c1-9(2)7-16-14(19)17-13(18)8-20-12-6-4-5-11(15)10(12)3/h4-6,9H,7-8,15H2,1-3H3,(H2,16,17,18,19). The molecule has 0 fully saturated rings. The van der Waals surface area contributed by atoms with E-state index in [2.05, 4.69) is 10.6 Å². The summed E-state index contributed by atoms with van der Waals surface area (Å²) in [5.41, 5.74) is 7.45. The van der Waals surface area contributed by atoms with Crippen LogP contribution in [0.4, 0.5) is 10.5 Å². The van der Waals surface area contributed by atoms with Gasteiger partial charge in [0.25, 0.3) is 0 Å². The molecule has 1 aromatic rings. The van der Waals surface area contributed by atoms with Crippen LogP contribution in [0.3, 0.4) is 0 Å². The molecule has 0 aliphatic heterocycles. The van der Waals surface area contributed by atoms with E-state index in [9.17, 15) is 9.59 Å². The summed E-state index contributed by atoms with van der Waals surface area (Å²) < 4.78 is 0. The number of nitrogens with two attached hydrogens (primary N) is 1. The van der Waals surface area contributed by atoms with Gasteiger partial charge in [0, 0.05) is 17.1 Å². The van der Waals surface area contributed by atoms with Gasteiger partial charge >= 0.3 is 6.03 Å². The van der Waals surface area contributed by atoms with Crippen molar-refractivity contribution >= 4 is 29.4 Å². The lowest BCUT2D eigenvalue weighted by atomic mass is 10.2. The number of hydrogen-bond donors (Lipinski definition) is 3. The number of benzene rings is 1. The van der Waals surface area contributed by atoms with Gasteiger partial charge in [-0.2, -0.15) is 0 Å². The van der Waals surface area contributed by atoms with Gasteiger partial charge in [-0.05, 0) is 30.5 Å². The van der Waals surface area contributed by atoms with E-state index < -0.39 is 6.03 Å². The molecule has 0 aliphatic rings. The monoisotopic (exact) mass is 295 g/mol. The van der Waals surface area contributed by atoms with Crippen molar-refractivity contribution in [3.05, 3.63) is 23.8 Å². The number of anilines is 1. The maximum atomic E-state index is 11.6. The number of rotatable bonds is 5. The van der Waals surface area contributed by atoms with E-state index in [1.165, 1.54) is 11.8 Å². The highest BCUT2D eigenvalue weighted by Crippen LogP contribution is 2.25. The number of amides is 3. The van der Waals surface area contributed by atoms with Crippen molar-refractivity contribution in [1.82, 2.24) is 10.6 Å². The second-order valence-electron chi connectivity index (χ2n) is 4.91. The zero-order chi connectivity index (χ0) is 15.1. The molecule has 0 radical (unpaired) electrons. The fraction of sp³-hybridized carbons (Fsp3) is 0.429. The Labute approximate surface area is 123 Å². The van der Waals surface area contributed by atoms with E-state index in [0.29, 0.717) is 18.2 Å². The average Bonchev–Trinajstić information content (AvgIpc) is 2.38.